The largest absolute Gasteiger partial charge is 0.478 e. The minimum Gasteiger partial charge on any atom is -0.478 e. The lowest BCUT2D eigenvalue weighted by Crippen LogP contribution is -2.28. The Balaban J connectivity index is 1.03. The highest BCUT2D eigenvalue weighted by Gasteiger charge is 2.22. The second kappa shape index (κ2) is 12.5. The molecule has 2 aromatic heterocycles. The lowest BCUT2D eigenvalue weighted by atomic mass is 10.0. The van der Waals surface area contributed by atoms with Crippen molar-refractivity contribution in [3.63, 3.8) is 0 Å². The topological polar surface area (TPSA) is 104 Å². The molecule has 7 rings (SSSR count). The molecule has 45 heavy (non-hydrogen) atoms. The molecule has 8 heteroatoms. The maximum Gasteiger partial charge on any atom is 0.335 e. The Morgan fingerprint density at radius 2 is 1.62 bits per heavy atom. The fourth-order valence-electron chi connectivity index (χ4n) is 6.54. The number of imidazole rings is 1. The number of aromatic nitrogens is 4. The molecule has 0 saturated carbocycles. The first-order chi connectivity index (χ1) is 22.0. The van der Waals surface area contributed by atoms with Crippen LogP contribution in [0, 0.1) is 0 Å². The summed E-state index contributed by atoms with van der Waals surface area (Å²) in [6, 6.07) is 31.8. The maximum absolute atomic E-state index is 12.7. The van der Waals surface area contributed by atoms with E-state index in [1.807, 2.05) is 59.2 Å². The van der Waals surface area contributed by atoms with E-state index in [-0.39, 0.29) is 17.3 Å². The van der Waals surface area contributed by atoms with E-state index in [1.165, 1.54) is 5.56 Å². The van der Waals surface area contributed by atoms with Crippen LogP contribution in [0.2, 0.25) is 0 Å². The van der Waals surface area contributed by atoms with Crippen molar-refractivity contribution in [1.29, 1.82) is 0 Å². The van der Waals surface area contributed by atoms with Crippen molar-refractivity contribution in [1.82, 2.24) is 24.4 Å². The van der Waals surface area contributed by atoms with Crippen molar-refractivity contribution < 1.29 is 9.90 Å². The minimum atomic E-state index is -0.980. The lowest BCUT2D eigenvalue weighted by Gasteiger charge is -2.20. The number of nitrogens with one attached hydrogen (secondary N) is 1. The number of nitrogens with zero attached hydrogens (tertiary/aromatic N) is 4. The second-order valence-electron chi connectivity index (χ2n) is 11.9. The van der Waals surface area contributed by atoms with Crippen LogP contribution in [-0.2, 0) is 12.8 Å². The quantitative estimate of drug-likeness (QED) is 0.208. The van der Waals surface area contributed by atoms with Crippen LogP contribution in [0.5, 0.6) is 0 Å². The summed E-state index contributed by atoms with van der Waals surface area (Å²) < 4.78 is 1.97. The van der Waals surface area contributed by atoms with Gasteiger partial charge in [-0.15, -0.1) is 0 Å². The Hall–Kier alpha value is -5.08. The van der Waals surface area contributed by atoms with E-state index in [2.05, 4.69) is 34.1 Å². The summed E-state index contributed by atoms with van der Waals surface area (Å²) >= 11 is 0. The monoisotopic (exact) mass is 597 g/mol. The van der Waals surface area contributed by atoms with E-state index in [9.17, 15) is 14.7 Å². The molecule has 0 radical (unpaired) electrons. The summed E-state index contributed by atoms with van der Waals surface area (Å²) in [5.41, 5.74) is 8.37. The molecule has 6 aromatic rings. The maximum atomic E-state index is 12.7. The lowest BCUT2D eigenvalue weighted by molar-refractivity contribution is 0.0697. The Kier molecular flexibility index (Phi) is 7.96. The van der Waals surface area contributed by atoms with E-state index in [1.54, 1.807) is 18.2 Å². The number of benzene rings is 4. The number of aromatic carboxylic acids is 1. The van der Waals surface area contributed by atoms with Gasteiger partial charge in [0, 0.05) is 31.1 Å². The van der Waals surface area contributed by atoms with Gasteiger partial charge in [-0.3, -0.25) is 4.57 Å². The zero-order valence-electron chi connectivity index (χ0n) is 25.0. The molecule has 0 bridgehead atoms. The van der Waals surface area contributed by atoms with Crippen LogP contribution in [0.1, 0.15) is 52.5 Å². The van der Waals surface area contributed by atoms with Crippen LogP contribution in [0.25, 0.3) is 33.3 Å². The van der Waals surface area contributed by atoms with Gasteiger partial charge < -0.3 is 15.0 Å². The van der Waals surface area contributed by atoms with Crippen molar-refractivity contribution in [3.05, 3.63) is 130 Å². The predicted octanol–water partition coefficient (Wildman–Crippen LogP) is 6.50. The summed E-state index contributed by atoms with van der Waals surface area (Å²) in [4.78, 5) is 39.6. The number of likely N-dealkylation sites (tertiary alicyclic amines) is 1. The molecule has 0 amide bonds. The molecule has 1 atom stereocenters. The first-order valence-electron chi connectivity index (χ1n) is 15.6. The average molecular weight is 598 g/mol. The number of hydrogen-bond donors (Lipinski definition) is 2. The number of carboxylic acids is 1. The molecule has 1 unspecified atom stereocenters. The number of carboxylic acid groups (broad SMARTS) is 1. The van der Waals surface area contributed by atoms with Gasteiger partial charge >= 0.3 is 11.7 Å². The summed E-state index contributed by atoms with van der Waals surface area (Å²) in [7, 11) is 0. The molecule has 0 aliphatic carbocycles. The van der Waals surface area contributed by atoms with E-state index in [0.717, 1.165) is 78.9 Å². The van der Waals surface area contributed by atoms with Gasteiger partial charge in [0.2, 0.25) is 0 Å². The number of para-hydroxylation sites is 2. The molecule has 0 spiro atoms. The van der Waals surface area contributed by atoms with E-state index < -0.39 is 5.97 Å². The highest BCUT2D eigenvalue weighted by atomic mass is 16.4. The van der Waals surface area contributed by atoms with Crippen molar-refractivity contribution in [2.75, 3.05) is 19.6 Å². The number of rotatable bonds is 8. The normalized spacial score (nSPS) is 15.8. The van der Waals surface area contributed by atoms with Gasteiger partial charge in [-0.25, -0.2) is 19.6 Å². The molecule has 1 saturated heterocycles. The number of aromatic amines is 1. The zero-order valence-corrected chi connectivity index (χ0v) is 25.0. The van der Waals surface area contributed by atoms with Crippen LogP contribution >= 0.6 is 0 Å². The SMILES string of the molecule is O=C(O)c1ccc2nc(Cc3ccc(CCN4CCCC(n5c(=O)[nH]c6ccccc65)CC4)cc3)c(-c3ccccc3)nc2c1. The number of H-pyrrole nitrogens is 1. The number of hydrogen-bond acceptors (Lipinski definition) is 5. The number of fused-ring (bicyclic) bond motifs is 2. The van der Waals surface area contributed by atoms with E-state index in [4.69, 9.17) is 9.97 Å². The van der Waals surface area contributed by atoms with Crippen LogP contribution in [0.4, 0.5) is 0 Å². The van der Waals surface area contributed by atoms with Gasteiger partial charge in [-0.1, -0.05) is 66.7 Å². The first kappa shape index (κ1) is 28.7. The third-order valence-corrected chi connectivity index (χ3v) is 8.92. The highest BCUT2D eigenvalue weighted by Crippen LogP contribution is 2.27. The van der Waals surface area contributed by atoms with E-state index >= 15 is 0 Å². The third-order valence-electron chi connectivity index (χ3n) is 8.92. The second-order valence-corrected chi connectivity index (χ2v) is 11.9. The Bertz CT molecular complexity index is 2030. The van der Waals surface area contributed by atoms with Gasteiger partial charge in [-0.2, -0.15) is 0 Å². The molecule has 1 aliphatic heterocycles. The van der Waals surface area contributed by atoms with Gasteiger partial charge in [0.15, 0.2) is 0 Å². The molecule has 226 valence electrons. The molecule has 1 fully saturated rings. The molecular weight excluding hydrogens is 562 g/mol. The summed E-state index contributed by atoms with van der Waals surface area (Å²) in [6.07, 6.45) is 4.64. The fraction of sp³-hybridized carbons (Fsp3) is 0.243. The molecule has 2 N–H and O–H groups in total. The Morgan fingerprint density at radius 1 is 0.844 bits per heavy atom. The molecule has 8 nitrogen and oxygen atoms in total. The van der Waals surface area contributed by atoms with Gasteiger partial charge in [0.25, 0.3) is 0 Å². The van der Waals surface area contributed by atoms with Crippen LogP contribution < -0.4 is 5.69 Å². The zero-order chi connectivity index (χ0) is 30.8. The molecule has 1 aliphatic rings. The number of carbonyl (C=O) groups is 1. The summed E-state index contributed by atoms with van der Waals surface area (Å²) in [5, 5.41) is 9.45. The predicted molar refractivity (Wildman–Crippen MR) is 177 cm³/mol. The first-order valence-corrected chi connectivity index (χ1v) is 15.6. The van der Waals surface area contributed by atoms with Crippen LogP contribution in [0.3, 0.4) is 0 Å². The fourth-order valence-corrected chi connectivity index (χ4v) is 6.54. The Labute approximate surface area is 261 Å². The summed E-state index contributed by atoms with van der Waals surface area (Å²) in [6.45, 7) is 3.01. The average Bonchev–Trinajstić information content (AvgIpc) is 3.23. The molecule has 3 heterocycles. The van der Waals surface area contributed by atoms with E-state index in [0.29, 0.717) is 17.5 Å². The summed E-state index contributed by atoms with van der Waals surface area (Å²) in [5.74, 6) is -0.980. The van der Waals surface area contributed by atoms with Gasteiger partial charge in [0.1, 0.15) is 0 Å². The standard InChI is InChI=1S/C37H35N5O3/c43-36(44)28-16-17-30-32(24-28)39-35(27-7-2-1-3-8-27)33(38-30)23-26-14-12-25(13-15-26)18-21-41-20-6-9-29(19-22-41)42-34-11-5-4-10-31(34)40-37(42)45/h1-5,7-8,10-17,24,29H,6,9,18-23H2,(H,40,45)(H,43,44). The smallest absolute Gasteiger partial charge is 0.335 e. The molecule has 4 aromatic carbocycles. The van der Waals surface area contributed by atoms with Gasteiger partial charge in [0.05, 0.1) is 39.0 Å². The van der Waals surface area contributed by atoms with Crippen LogP contribution in [-0.4, -0.2) is 55.1 Å². The van der Waals surface area contributed by atoms with Gasteiger partial charge in [-0.05, 0) is 73.7 Å². The van der Waals surface area contributed by atoms with Crippen molar-refractivity contribution in [2.24, 2.45) is 0 Å². The van der Waals surface area contributed by atoms with Crippen molar-refractivity contribution in [3.8, 4) is 11.3 Å². The Morgan fingerprint density at radius 3 is 2.44 bits per heavy atom. The van der Waals surface area contributed by atoms with Crippen molar-refractivity contribution in [2.45, 2.75) is 38.1 Å². The van der Waals surface area contributed by atoms with Crippen molar-refractivity contribution >= 4 is 28.0 Å². The highest BCUT2D eigenvalue weighted by molar-refractivity contribution is 5.92. The third kappa shape index (κ3) is 6.14. The molecular formula is C37H35N5O3. The minimum absolute atomic E-state index is 0.00683. The van der Waals surface area contributed by atoms with Crippen LogP contribution in [0.15, 0.2) is 102 Å².